The van der Waals surface area contributed by atoms with Crippen molar-refractivity contribution in [2.45, 2.75) is 31.7 Å². The van der Waals surface area contributed by atoms with Crippen molar-refractivity contribution >= 4 is 29.1 Å². The van der Waals surface area contributed by atoms with Crippen LogP contribution in [-0.4, -0.2) is 58.8 Å². The van der Waals surface area contributed by atoms with E-state index in [4.69, 9.17) is 28.9 Å². The van der Waals surface area contributed by atoms with Gasteiger partial charge in [-0.2, -0.15) is 13.2 Å². The van der Waals surface area contributed by atoms with Crippen LogP contribution in [0.25, 0.3) is 17.2 Å². The molecule has 16 heteroatoms. The number of nitrogens with two attached hydrogens (primary N) is 1. The summed E-state index contributed by atoms with van der Waals surface area (Å²) < 4.78 is 44.5. The number of rotatable bonds is 9. The number of hydrogen-bond acceptors (Lipinski definition) is 7. The van der Waals surface area contributed by atoms with Gasteiger partial charge in [0.15, 0.2) is 17.5 Å². The van der Waals surface area contributed by atoms with E-state index >= 15 is 0 Å². The van der Waals surface area contributed by atoms with Gasteiger partial charge in [0.2, 0.25) is 5.91 Å². The quantitative estimate of drug-likeness (QED) is 0.315. The van der Waals surface area contributed by atoms with Crippen LogP contribution in [0, 0.1) is 0 Å². The number of nitrogens with one attached hydrogen (secondary N) is 1. The van der Waals surface area contributed by atoms with Crippen LogP contribution in [-0.2, 0) is 17.9 Å². The van der Waals surface area contributed by atoms with E-state index < -0.39 is 30.4 Å². The van der Waals surface area contributed by atoms with Gasteiger partial charge in [-0.05, 0) is 36.4 Å². The normalized spacial score (nSPS) is 12.5. The van der Waals surface area contributed by atoms with E-state index in [0.717, 1.165) is 9.25 Å². The molecule has 200 valence electrons. The average molecular weight is 570 g/mol. The van der Waals surface area contributed by atoms with Crippen LogP contribution in [0.1, 0.15) is 12.2 Å². The second kappa shape index (κ2) is 11.3. The van der Waals surface area contributed by atoms with Crippen LogP contribution in [0.5, 0.6) is 0 Å². The van der Waals surface area contributed by atoms with Crippen molar-refractivity contribution in [1.82, 2.24) is 39.4 Å². The van der Waals surface area contributed by atoms with Gasteiger partial charge >= 0.3 is 11.9 Å². The molecule has 3 heterocycles. The van der Waals surface area contributed by atoms with Crippen molar-refractivity contribution in [2.75, 3.05) is 6.54 Å². The first-order chi connectivity index (χ1) is 18.1. The van der Waals surface area contributed by atoms with Crippen LogP contribution in [0.4, 0.5) is 13.2 Å². The topological polar surface area (TPSA) is 139 Å². The van der Waals surface area contributed by atoms with Gasteiger partial charge in [0, 0.05) is 29.7 Å². The number of nitrogens with zero attached hydrogens (tertiary/aromatic N) is 7. The standard InChI is InChI=1S/C22H20Cl2F3N9O2/c23-14-5-3-13(4-6-14)19-33-35(11-17-30-12-36(32-17)20-15(24)2-1-9-29-20)21(38)34(19)10-16(22(25,26)27)31-18(37)7-8-28/h1-6,9,12,16H,7-8,10-11,28H2,(H,31,37). The summed E-state index contributed by atoms with van der Waals surface area (Å²) in [5.41, 5.74) is 4.74. The number of hydrogen-bond donors (Lipinski definition) is 2. The molecule has 0 bridgehead atoms. The second-order valence-corrected chi connectivity index (χ2v) is 8.84. The molecule has 0 saturated carbocycles. The molecule has 0 radical (unpaired) electrons. The summed E-state index contributed by atoms with van der Waals surface area (Å²) in [6.07, 6.45) is -2.32. The Hall–Kier alpha value is -3.75. The summed E-state index contributed by atoms with van der Waals surface area (Å²) in [6, 6.07) is 6.92. The third kappa shape index (κ3) is 6.20. The third-order valence-corrected chi connectivity index (χ3v) is 5.83. The molecule has 0 aliphatic heterocycles. The van der Waals surface area contributed by atoms with Gasteiger partial charge in [-0.3, -0.25) is 9.36 Å². The minimum Gasteiger partial charge on any atom is -0.343 e. The molecule has 0 aliphatic rings. The van der Waals surface area contributed by atoms with E-state index in [-0.39, 0.29) is 31.2 Å². The second-order valence-electron chi connectivity index (χ2n) is 8.00. The molecule has 1 unspecified atom stereocenters. The van der Waals surface area contributed by atoms with E-state index in [2.05, 4.69) is 20.2 Å². The molecular formula is C22H20Cl2F3N9O2. The van der Waals surface area contributed by atoms with Crippen LogP contribution in [0.3, 0.4) is 0 Å². The molecule has 1 aromatic carbocycles. The predicted molar refractivity (Wildman–Crippen MR) is 132 cm³/mol. The number of carbonyl (C=O) groups is 1. The Kier molecular flexibility index (Phi) is 8.14. The first-order valence-corrected chi connectivity index (χ1v) is 11.8. The lowest BCUT2D eigenvalue weighted by Gasteiger charge is -2.22. The maximum absolute atomic E-state index is 13.8. The molecule has 3 aromatic heterocycles. The summed E-state index contributed by atoms with van der Waals surface area (Å²) in [7, 11) is 0. The Labute approximate surface area is 223 Å². The van der Waals surface area contributed by atoms with Crippen molar-refractivity contribution in [2.24, 2.45) is 5.73 Å². The van der Waals surface area contributed by atoms with Gasteiger partial charge in [-0.1, -0.05) is 23.2 Å². The highest BCUT2D eigenvalue weighted by Crippen LogP contribution is 2.24. The number of alkyl halides is 3. The number of aromatic nitrogens is 7. The van der Waals surface area contributed by atoms with E-state index in [9.17, 15) is 22.8 Å². The van der Waals surface area contributed by atoms with Gasteiger partial charge in [0.05, 0.1) is 11.6 Å². The molecule has 3 N–H and O–H groups in total. The molecule has 0 aliphatic carbocycles. The van der Waals surface area contributed by atoms with Crippen molar-refractivity contribution in [3.63, 3.8) is 0 Å². The molecule has 11 nitrogen and oxygen atoms in total. The SMILES string of the molecule is NCCC(=O)NC(Cn1c(-c2ccc(Cl)cc2)nn(Cc2ncn(-c3ncccc3Cl)n2)c1=O)C(F)(F)F. The number of pyridine rings is 1. The fourth-order valence-corrected chi connectivity index (χ4v) is 3.82. The monoisotopic (exact) mass is 569 g/mol. The lowest BCUT2D eigenvalue weighted by Crippen LogP contribution is -2.49. The zero-order valence-corrected chi connectivity index (χ0v) is 21.0. The zero-order valence-electron chi connectivity index (χ0n) is 19.4. The Balaban J connectivity index is 1.71. The van der Waals surface area contributed by atoms with Gasteiger partial charge in [-0.25, -0.2) is 24.1 Å². The minimum absolute atomic E-state index is 0.0683. The number of benzene rings is 1. The van der Waals surface area contributed by atoms with Crippen LogP contribution in [0.2, 0.25) is 10.0 Å². The largest absolute Gasteiger partial charge is 0.410 e. The maximum Gasteiger partial charge on any atom is 0.410 e. The van der Waals surface area contributed by atoms with Crippen LogP contribution >= 0.6 is 23.2 Å². The van der Waals surface area contributed by atoms with E-state index in [1.54, 1.807) is 12.1 Å². The molecule has 1 amide bonds. The smallest absolute Gasteiger partial charge is 0.343 e. The number of halogens is 5. The van der Waals surface area contributed by atoms with Crippen molar-refractivity contribution in [3.8, 4) is 17.2 Å². The molecule has 0 saturated heterocycles. The van der Waals surface area contributed by atoms with E-state index in [1.165, 1.54) is 41.5 Å². The summed E-state index contributed by atoms with van der Waals surface area (Å²) >= 11 is 12.1. The number of carbonyl (C=O) groups excluding carboxylic acids is 1. The average Bonchev–Trinajstić information content (AvgIpc) is 3.44. The Morgan fingerprint density at radius 1 is 1.11 bits per heavy atom. The third-order valence-electron chi connectivity index (χ3n) is 5.28. The highest BCUT2D eigenvalue weighted by atomic mass is 35.5. The molecule has 38 heavy (non-hydrogen) atoms. The molecule has 1 atom stereocenters. The van der Waals surface area contributed by atoms with Gasteiger partial charge in [-0.15, -0.1) is 10.2 Å². The van der Waals surface area contributed by atoms with E-state index in [1.807, 2.05) is 5.32 Å². The highest BCUT2D eigenvalue weighted by molar-refractivity contribution is 6.32. The van der Waals surface area contributed by atoms with Gasteiger partial charge in [0.25, 0.3) is 0 Å². The predicted octanol–water partition coefficient (Wildman–Crippen LogP) is 2.44. The molecule has 0 fully saturated rings. The summed E-state index contributed by atoms with van der Waals surface area (Å²) in [5.74, 6) is -0.536. The van der Waals surface area contributed by atoms with Crippen molar-refractivity contribution in [3.05, 3.63) is 75.3 Å². The van der Waals surface area contributed by atoms with Gasteiger partial charge in [0.1, 0.15) is 18.9 Å². The first kappa shape index (κ1) is 27.3. The van der Waals surface area contributed by atoms with Crippen molar-refractivity contribution in [1.29, 1.82) is 0 Å². The summed E-state index contributed by atoms with van der Waals surface area (Å²) in [5, 5.41) is 11.1. The van der Waals surface area contributed by atoms with Crippen molar-refractivity contribution < 1.29 is 18.0 Å². The number of amides is 1. The lowest BCUT2D eigenvalue weighted by atomic mass is 10.2. The zero-order chi connectivity index (χ0) is 27.4. The molecular weight excluding hydrogens is 550 g/mol. The lowest BCUT2D eigenvalue weighted by molar-refractivity contribution is -0.164. The molecule has 0 spiro atoms. The summed E-state index contributed by atoms with van der Waals surface area (Å²) in [6.45, 7) is -1.32. The maximum atomic E-state index is 13.8. The summed E-state index contributed by atoms with van der Waals surface area (Å²) in [4.78, 5) is 33.4. The van der Waals surface area contributed by atoms with Crippen LogP contribution in [0.15, 0.2) is 53.7 Å². The Morgan fingerprint density at radius 3 is 2.50 bits per heavy atom. The fraction of sp³-hybridized carbons (Fsp3) is 0.273. The van der Waals surface area contributed by atoms with E-state index in [0.29, 0.717) is 21.4 Å². The van der Waals surface area contributed by atoms with Gasteiger partial charge < -0.3 is 11.1 Å². The highest BCUT2D eigenvalue weighted by Gasteiger charge is 2.41. The Morgan fingerprint density at radius 2 is 1.84 bits per heavy atom. The Bertz CT molecular complexity index is 1480. The fourth-order valence-electron chi connectivity index (χ4n) is 3.48. The molecule has 4 rings (SSSR count). The van der Waals surface area contributed by atoms with Crippen LogP contribution < -0.4 is 16.7 Å². The first-order valence-electron chi connectivity index (χ1n) is 11.1. The minimum atomic E-state index is -4.86. The molecule has 4 aromatic rings.